The minimum absolute atomic E-state index is 0.205. The molecule has 0 atom stereocenters. The predicted octanol–water partition coefficient (Wildman–Crippen LogP) is 0.217. The van der Waals surface area contributed by atoms with Gasteiger partial charge in [0.05, 0.1) is 5.39 Å². The van der Waals surface area contributed by atoms with E-state index in [2.05, 4.69) is 15.1 Å². The molecule has 3 aromatic heterocycles. The van der Waals surface area contributed by atoms with E-state index in [9.17, 15) is 4.79 Å². The van der Waals surface area contributed by atoms with Gasteiger partial charge in [0.25, 0.3) is 0 Å². The lowest BCUT2D eigenvalue weighted by Crippen LogP contribution is -2.24. The minimum atomic E-state index is -0.205. The third kappa shape index (κ3) is 1.66. The van der Waals surface area contributed by atoms with Crippen LogP contribution in [0.3, 0.4) is 0 Å². The number of nitrogen functional groups attached to an aromatic ring is 1. The summed E-state index contributed by atoms with van der Waals surface area (Å²) in [5.74, 6) is 0.920. The molecule has 0 aromatic carbocycles. The van der Waals surface area contributed by atoms with E-state index in [-0.39, 0.29) is 12.2 Å². The molecule has 0 aliphatic rings. The van der Waals surface area contributed by atoms with Gasteiger partial charge < -0.3 is 5.73 Å². The molecule has 0 aliphatic carbocycles. The first kappa shape index (κ1) is 10.9. The summed E-state index contributed by atoms with van der Waals surface area (Å²) in [5, 5.41) is 6.71. The quantitative estimate of drug-likeness (QED) is 0.713. The zero-order valence-corrected chi connectivity index (χ0v) is 10.4. The molecule has 92 valence electrons. The van der Waals surface area contributed by atoms with Crippen molar-refractivity contribution in [3.05, 3.63) is 34.1 Å². The van der Waals surface area contributed by atoms with E-state index in [0.29, 0.717) is 11.6 Å². The van der Waals surface area contributed by atoms with E-state index in [1.807, 2.05) is 11.4 Å². The summed E-state index contributed by atoms with van der Waals surface area (Å²) in [4.78, 5) is 21.0. The average Bonchev–Trinajstić information content (AvgIpc) is 2.91. The topological polar surface area (TPSA) is 91.6 Å². The summed E-state index contributed by atoms with van der Waals surface area (Å²) < 4.78 is 2.70. The number of fused-ring (bicyclic) bond motifs is 1. The van der Waals surface area contributed by atoms with Crippen LogP contribution in [-0.2, 0) is 13.6 Å². The SMILES string of the molecule is Cn1cnn(Cc2nc(N)c3ccsc3n2)c1=O. The second-order valence-electron chi connectivity index (χ2n) is 3.85. The van der Waals surface area contributed by atoms with Crippen LogP contribution in [0.15, 0.2) is 22.6 Å². The standard InChI is InChI=1S/C10H10N6OS/c1-15-5-12-16(10(15)17)4-7-13-8(11)6-2-3-18-9(6)14-7/h2-3,5H,4H2,1H3,(H2,11,13,14). The summed E-state index contributed by atoms with van der Waals surface area (Å²) in [6.45, 7) is 0.220. The van der Waals surface area contributed by atoms with Gasteiger partial charge in [0.2, 0.25) is 0 Å². The Hall–Kier alpha value is -2.22. The Morgan fingerprint density at radius 1 is 1.44 bits per heavy atom. The second-order valence-corrected chi connectivity index (χ2v) is 4.74. The molecule has 0 aliphatic heterocycles. The van der Waals surface area contributed by atoms with Gasteiger partial charge >= 0.3 is 5.69 Å². The molecule has 7 nitrogen and oxygen atoms in total. The molecule has 0 spiro atoms. The van der Waals surface area contributed by atoms with Gasteiger partial charge in [-0.15, -0.1) is 11.3 Å². The molecular weight excluding hydrogens is 252 g/mol. The number of aromatic nitrogens is 5. The fourth-order valence-electron chi connectivity index (χ4n) is 1.66. The van der Waals surface area contributed by atoms with Crippen LogP contribution >= 0.6 is 11.3 Å². The van der Waals surface area contributed by atoms with Gasteiger partial charge in [-0.3, -0.25) is 4.57 Å². The van der Waals surface area contributed by atoms with Crippen molar-refractivity contribution < 1.29 is 0 Å². The van der Waals surface area contributed by atoms with Gasteiger partial charge in [-0.05, 0) is 11.4 Å². The monoisotopic (exact) mass is 262 g/mol. The summed E-state index contributed by atoms with van der Waals surface area (Å²) in [5.41, 5.74) is 5.64. The lowest BCUT2D eigenvalue weighted by atomic mass is 10.4. The Balaban J connectivity index is 2.05. The molecule has 0 radical (unpaired) electrons. The zero-order chi connectivity index (χ0) is 12.7. The van der Waals surface area contributed by atoms with Crippen molar-refractivity contribution in [1.82, 2.24) is 24.3 Å². The normalized spacial score (nSPS) is 11.2. The molecule has 0 amide bonds. The Kier molecular flexibility index (Phi) is 2.37. The van der Waals surface area contributed by atoms with E-state index in [1.54, 1.807) is 7.05 Å². The number of thiophene rings is 1. The number of rotatable bonds is 2. The number of hydrogen-bond donors (Lipinski definition) is 1. The first-order valence-corrected chi connectivity index (χ1v) is 6.11. The highest BCUT2D eigenvalue weighted by atomic mass is 32.1. The Morgan fingerprint density at radius 3 is 3.00 bits per heavy atom. The lowest BCUT2D eigenvalue weighted by Gasteiger charge is -2.01. The average molecular weight is 262 g/mol. The molecule has 8 heteroatoms. The molecule has 0 unspecified atom stereocenters. The summed E-state index contributed by atoms with van der Waals surface area (Å²) in [6, 6.07) is 1.88. The summed E-state index contributed by atoms with van der Waals surface area (Å²) in [7, 11) is 1.64. The highest BCUT2D eigenvalue weighted by Gasteiger charge is 2.09. The maximum Gasteiger partial charge on any atom is 0.345 e. The van der Waals surface area contributed by atoms with Gasteiger partial charge in [-0.2, -0.15) is 5.10 Å². The largest absolute Gasteiger partial charge is 0.383 e. The molecule has 0 saturated carbocycles. The molecule has 3 heterocycles. The van der Waals surface area contributed by atoms with Crippen molar-refractivity contribution in [2.24, 2.45) is 7.05 Å². The first-order chi connectivity index (χ1) is 8.65. The van der Waals surface area contributed by atoms with Crippen molar-refractivity contribution in [3.63, 3.8) is 0 Å². The van der Waals surface area contributed by atoms with Gasteiger partial charge in [0, 0.05) is 7.05 Å². The Morgan fingerprint density at radius 2 is 2.28 bits per heavy atom. The summed E-state index contributed by atoms with van der Waals surface area (Å²) >= 11 is 1.49. The van der Waals surface area contributed by atoms with Crippen molar-refractivity contribution in [2.75, 3.05) is 5.73 Å². The number of nitrogens with zero attached hydrogens (tertiary/aromatic N) is 5. The van der Waals surface area contributed by atoms with Crippen LogP contribution in [0.4, 0.5) is 5.82 Å². The van der Waals surface area contributed by atoms with Crippen LogP contribution in [0.1, 0.15) is 5.82 Å². The van der Waals surface area contributed by atoms with Crippen molar-refractivity contribution in [3.8, 4) is 0 Å². The molecule has 2 N–H and O–H groups in total. The van der Waals surface area contributed by atoms with Gasteiger partial charge in [0.15, 0.2) is 5.82 Å². The van der Waals surface area contributed by atoms with Gasteiger partial charge in [-0.1, -0.05) is 0 Å². The van der Waals surface area contributed by atoms with Gasteiger partial charge in [-0.25, -0.2) is 19.4 Å². The van der Waals surface area contributed by atoms with Crippen LogP contribution < -0.4 is 11.4 Å². The van der Waals surface area contributed by atoms with Crippen LogP contribution in [-0.4, -0.2) is 24.3 Å². The van der Waals surface area contributed by atoms with E-state index in [0.717, 1.165) is 10.2 Å². The van der Waals surface area contributed by atoms with Crippen molar-refractivity contribution in [2.45, 2.75) is 6.54 Å². The molecule has 18 heavy (non-hydrogen) atoms. The fourth-order valence-corrected chi connectivity index (χ4v) is 2.45. The molecular formula is C10H10N6OS. The summed E-state index contributed by atoms with van der Waals surface area (Å²) in [6.07, 6.45) is 1.45. The van der Waals surface area contributed by atoms with Crippen molar-refractivity contribution >= 4 is 27.4 Å². The minimum Gasteiger partial charge on any atom is -0.383 e. The van der Waals surface area contributed by atoms with Crippen LogP contribution in [0.2, 0.25) is 0 Å². The molecule has 0 saturated heterocycles. The molecule has 3 aromatic rings. The third-order valence-corrected chi connectivity index (χ3v) is 3.39. The van der Waals surface area contributed by atoms with Gasteiger partial charge in [0.1, 0.15) is 23.5 Å². The van der Waals surface area contributed by atoms with Crippen LogP contribution in [0.25, 0.3) is 10.2 Å². The number of nitrogens with two attached hydrogens (primary N) is 1. The third-order valence-electron chi connectivity index (χ3n) is 2.58. The maximum absolute atomic E-state index is 11.7. The Bertz CT molecular complexity index is 770. The fraction of sp³-hybridized carbons (Fsp3) is 0.200. The lowest BCUT2D eigenvalue weighted by molar-refractivity contribution is 0.624. The smallest absolute Gasteiger partial charge is 0.345 e. The van der Waals surface area contributed by atoms with E-state index in [4.69, 9.17) is 5.73 Å². The van der Waals surface area contributed by atoms with E-state index in [1.165, 1.54) is 26.9 Å². The molecule has 3 rings (SSSR count). The highest BCUT2D eigenvalue weighted by molar-refractivity contribution is 7.16. The zero-order valence-electron chi connectivity index (χ0n) is 9.57. The van der Waals surface area contributed by atoms with Crippen LogP contribution in [0.5, 0.6) is 0 Å². The van der Waals surface area contributed by atoms with Crippen molar-refractivity contribution in [1.29, 1.82) is 0 Å². The second kappa shape index (κ2) is 3.91. The highest BCUT2D eigenvalue weighted by Crippen LogP contribution is 2.22. The van der Waals surface area contributed by atoms with E-state index < -0.39 is 0 Å². The number of anilines is 1. The maximum atomic E-state index is 11.7. The van der Waals surface area contributed by atoms with E-state index >= 15 is 0 Å². The molecule has 0 fully saturated rings. The van der Waals surface area contributed by atoms with Crippen LogP contribution in [0, 0.1) is 0 Å². The number of aryl methyl sites for hydroxylation is 1. The predicted molar refractivity (Wildman–Crippen MR) is 68.4 cm³/mol. The molecule has 0 bridgehead atoms. The first-order valence-electron chi connectivity index (χ1n) is 5.23. The number of hydrogen-bond acceptors (Lipinski definition) is 6. The Labute approximate surface area is 106 Å².